The van der Waals surface area contributed by atoms with Gasteiger partial charge in [-0.1, -0.05) is 17.7 Å². The van der Waals surface area contributed by atoms with Crippen molar-refractivity contribution < 1.29 is 13.9 Å². The predicted molar refractivity (Wildman–Crippen MR) is 112 cm³/mol. The number of rotatable bonds is 6. The molecule has 0 aliphatic carbocycles. The van der Waals surface area contributed by atoms with Crippen molar-refractivity contribution in [2.45, 2.75) is 20.8 Å². The molecular formula is C22H21N5O3. The quantitative estimate of drug-likeness (QED) is 0.525. The van der Waals surface area contributed by atoms with Gasteiger partial charge in [0.05, 0.1) is 22.8 Å². The molecule has 30 heavy (non-hydrogen) atoms. The van der Waals surface area contributed by atoms with E-state index in [9.17, 15) is 4.79 Å². The van der Waals surface area contributed by atoms with Gasteiger partial charge in [0.25, 0.3) is 5.91 Å². The first-order valence-corrected chi connectivity index (χ1v) is 9.44. The molecule has 1 amide bonds. The molecule has 8 nitrogen and oxygen atoms in total. The van der Waals surface area contributed by atoms with E-state index in [-0.39, 0.29) is 12.5 Å². The van der Waals surface area contributed by atoms with Crippen molar-refractivity contribution in [1.29, 1.82) is 0 Å². The van der Waals surface area contributed by atoms with Crippen molar-refractivity contribution in [2.24, 2.45) is 0 Å². The maximum absolute atomic E-state index is 12.4. The van der Waals surface area contributed by atoms with Crippen LogP contribution in [0.5, 0.6) is 5.75 Å². The number of aryl methyl sites for hydroxylation is 2. The highest BCUT2D eigenvalue weighted by Gasteiger charge is 2.15. The van der Waals surface area contributed by atoms with Crippen molar-refractivity contribution in [3.63, 3.8) is 0 Å². The zero-order chi connectivity index (χ0) is 21.1. The summed E-state index contributed by atoms with van der Waals surface area (Å²) in [5.74, 6) is 0.735. The fraction of sp³-hybridized carbons (Fsp3) is 0.182. The number of anilines is 1. The molecule has 0 saturated carbocycles. The van der Waals surface area contributed by atoms with Gasteiger partial charge in [0.2, 0.25) is 12.3 Å². The third-order valence-corrected chi connectivity index (χ3v) is 4.67. The molecule has 0 spiro atoms. The molecular weight excluding hydrogens is 382 g/mol. The number of nitrogens with one attached hydrogen (secondary N) is 1. The maximum Gasteiger partial charge on any atom is 0.262 e. The van der Waals surface area contributed by atoms with Gasteiger partial charge in [0, 0.05) is 5.56 Å². The van der Waals surface area contributed by atoms with E-state index in [4.69, 9.17) is 9.15 Å². The van der Waals surface area contributed by atoms with E-state index in [0.717, 1.165) is 22.6 Å². The van der Waals surface area contributed by atoms with E-state index >= 15 is 0 Å². The molecule has 1 N–H and O–H groups in total. The van der Waals surface area contributed by atoms with Crippen LogP contribution in [0.2, 0.25) is 0 Å². The number of aromatic nitrogens is 4. The third-order valence-electron chi connectivity index (χ3n) is 4.67. The second-order valence-electron chi connectivity index (χ2n) is 6.90. The highest BCUT2D eigenvalue weighted by atomic mass is 16.5. The molecule has 0 radical (unpaired) electrons. The summed E-state index contributed by atoms with van der Waals surface area (Å²) < 4.78 is 12.6. The Labute approximate surface area is 173 Å². The van der Waals surface area contributed by atoms with Gasteiger partial charge in [-0.25, -0.2) is 4.68 Å². The minimum Gasteiger partial charge on any atom is -0.484 e. The summed E-state index contributed by atoms with van der Waals surface area (Å²) in [4.78, 5) is 12.4. The first-order valence-electron chi connectivity index (χ1n) is 9.44. The van der Waals surface area contributed by atoms with Crippen LogP contribution in [-0.4, -0.2) is 32.5 Å². The number of amides is 1. The lowest BCUT2D eigenvalue weighted by molar-refractivity contribution is -0.118. The number of carbonyl (C=O) groups is 1. The lowest BCUT2D eigenvalue weighted by atomic mass is 10.2. The Hall–Kier alpha value is -3.94. The van der Waals surface area contributed by atoms with Gasteiger partial charge in [0.15, 0.2) is 6.61 Å². The lowest BCUT2D eigenvalue weighted by Crippen LogP contribution is -2.20. The Morgan fingerprint density at radius 2 is 1.80 bits per heavy atom. The molecule has 2 aromatic carbocycles. The molecule has 8 heteroatoms. The SMILES string of the molecule is Cc1ccc(-n2nc(C)c(NC(=O)COc3ccc(-c4nnco4)cc3)c2C)cc1. The summed E-state index contributed by atoms with van der Waals surface area (Å²) in [7, 11) is 0. The van der Waals surface area contributed by atoms with E-state index in [1.165, 1.54) is 12.0 Å². The third kappa shape index (κ3) is 4.07. The minimum absolute atomic E-state index is 0.117. The molecule has 152 valence electrons. The van der Waals surface area contributed by atoms with Crippen LogP contribution < -0.4 is 10.1 Å². The van der Waals surface area contributed by atoms with Gasteiger partial charge in [-0.15, -0.1) is 10.2 Å². The normalized spacial score (nSPS) is 10.8. The van der Waals surface area contributed by atoms with Crippen LogP contribution in [0, 0.1) is 20.8 Å². The molecule has 0 bridgehead atoms. The minimum atomic E-state index is -0.259. The smallest absolute Gasteiger partial charge is 0.262 e. The Kier molecular flexibility index (Phi) is 5.30. The van der Waals surface area contributed by atoms with Crippen LogP contribution in [0.15, 0.2) is 59.3 Å². The molecule has 4 rings (SSSR count). The van der Waals surface area contributed by atoms with Gasteiger partial charge in [-0.2, -0.15) is 5.10 Å². The Balaban J connectivity index is 1.40. The van der Waals surface area contributed by atoms with Gasteiger partial charge in [-0.3, -0.25) is 4.79 Å². The fourth-order valence-corrected chi connectivity index (χ4v) is 3.08. The Bertz CT molecular complexity index is 1150. The number of hydrogen-bond donors (Lipinski definition) is 1. The number of carbonyl (C=O) groups excluding carboxylic acids is 1. The number of benzene rings is 2. The molecule has 2 aromatic heterocycles. The van der Waals surface area contributed by atoms with Gasteiger partial charge in [-0.05, 0) is 57.2 Å². The van der Waals surface area contributed by atoms with Crippen LogP contribution in [0.1, 0.15) is 17.0 Å². The topological polar surface area (TPSA) is 95.1 Å². The molecule has 4 aromatic rings. The zero-order valence-electron chi connectivity index (χ0n) is 16.9. The van der Waals surface area contributed by atoms with Gasteiger partial charge in [0.1, 0.15) is 5.75 Å². The van der Waals surface area contributed by atoms with E-state index in [2.05, 4.69) is 20.6 Å². The average molecular weight is 403 g/mol. The Morgan fingerprint density at radius 3 is 2.47 bits per heavy atom. The largest absolute Gasteiger partial charge is 0.484 e. The van der Waals surface area contributed by atoms with Crippen LogP contribution >= 0.6 is 0 Å². The fourth-order valence-electron chi connectivity index (χ4n) is 3.08. The van der Waals surface area contributed by atoms with Crippen LogP contribution in [0.4, 0.5) is 5.69 Å². The lowest BCUT2D eigenvalue weighted by Gasteiger charge is -2.09. The van der Waals surface area contributed by atoms with Crippen molar-refractivity contribution in [1.82, 2.24) is 20.0 Å². The Morgan fingerprint density at radius 1 is 1.07 bits per heavy atom. The predicted octanol–water partition coefficient (Wildman–Crippen LogP) is 3.87. The van der Waals surface area contributed by atoms with E-state index in [1.807, 2.05) is 49.7 Å². The molecule has 0 unspecified atom stereocenters. The first kappa shape index (κ1) is 19.4. The van der Waals surface area contributed by atoms with Crippen molar-refractivity contribution in [3.8, 4) is 22.9 Å². The number of ether oxygens (including phenoxy) is 1. The monoisotopic (exact) mass is 403 g/mol. The highest BCUT2D eigenvalue weighted by Crippen LogP contribution is 2.23. The van der Waals surface area contributed by atoms with Crippen LogP contribution in [0.25, 0.3) is 17.1 Å². The average Bonchev–Trinajstić information content (AvgIpc) is 3.38. The first-order chi connectivity index (χ1) is 14.5. The number of hydrogen-bond acceptors (Lipinski definition) is 6. The van der Waals surface area contributed by atoms with Crippen molar-refractivity contribution in [3.05, 3.63) is 71.9 Å². The molecule has 0 fully saturated rings. The summed E-state index contributed by atoms with van der Waals surface area (Å²) in [6.45, 7) is 5.71. The van der Waals surface area contributed by atoms with Crippen molar-refractivity contribution >= 4 is 11.6 Å². The second-order valence-corrected chi connectivity index (χ2v) is 6.90. The second kappa shape index (κ2) is 8.20. The van der Waals surface area contributed by atoms with Gasteiger partial charge >= 0.3 is 0 Å². The molecule has 2 heterocycles. The summed E-state index contributed by atoms with van der Waals surface area (Å²) >= 11 is 0. The highest BCUT2D eigenvalue weighted by molar-refractivity contribution is 5.93. The molecule has 0 aliphatic heterocycles. The number of nitrogens with zero attached hydrogens (tertiary/aromatic N) is 4. The van der Waals surface area contributed by atoms with Crippen molar-refractivity contribution in [2.75, 3.05) is 11.9 Å². The summed E-state index contributed by atoms with van der Waals surface area (Å²) in [5, 5.41) is 15.0. The van der Waals surface area contributed by atoms with Crippen LogP contribution in [-0.2, 0) is 4.79 Å². The van der Waals surface area contributed by atoms with Crippen LogP contribution in [0.3, 0.4) is 0 Å². The zero-order valence-corrected chi connectivity index (χ0v) is 16.9. The van der Waals surface area contributed by atoms with E-state index in [0.29, 0.717) is 17.3 Å². The van der Waals surface area contributed by atoms with E-state index in [1.54, 1.807) is 24.3 Å². The molecule has 0 aliphatic rings. The summed E-state index contributed by atoms with van der Waals surface area (Å²) in [5.41, 5.74) is 5.18. The van der Waals surface area contributed by atoms with E-state index < -0.39 is 0 Å². The molecule has 0 atom stereocenters. The summed E-state index contributed by atoms with van der Waals surface area (Å²) in [6.07, 6.45) is 1.27. The molecule has 0 saturated heterocycles. The van der Waals surface area contributed by atoms with Gasteiger partial charge < -0.3 is 14.5 Å². The maximum atomic E-state index is 12.4. The summed E-state index contributed by atoms with van der Waals surface area (Å²) in [6, 6.07) is 15.1. The standard InChI is InChI=1S/C22H21N5O3/c1-14-4-8-18(9-5-14)27-16(3)21(15(2)26-27)24-20(28)12-29-19-10-6-17(7-11-19)22-25-23-13-30-22/h4-11,13H,12H2,1-3H3,(H,24,28).